The summed E-state index contributed by atoms with van der Waals surface area (Å²) in [5.74, 6) is 0.720. The van der Waals surface area contributed by atoms with E-state index in [4.69, 9.17) is 9.72 Å². The van der Waals surface area contributed by atoms with Gasteiger partial charge in [-0.2, -0.15) is 5.10 Å². The first-order chi connectivity index (χ1) is 21.3. The van der Waals surface area contributed by atoms with Gasteiger partial charge in [0.25, 0.3) is 5.69 Å². The molecule has 3 N–H and O–H groups in total. The van der Waals surface area contributed by atoms with Gasteiger partial charge in [0.2, 0.25) is 5.95 Å². The Bertz CT molecular complexity index is 1730. The number of aromatic nitrogens is 5. The number of nitro benzene ring substituents is 1. The number of para-hydroxylation sites is 1. The molecule has 3 aromatic heterocycles. The number of aromatic amines is 2. The zero-order valence-electron chi connectivity index (χ0n) is 25.8. The van der Waals surface area contributed by atoms with Crippen LogP contribution in [0.1, 0.15) is 31.7 Å². The predicted molar refractivity (Wildman–Crippen MR) is 175 cm³/mol. The van der Waals surface area contributed by atoms with Gasteiger partial charge >= 0.3 is 0 Å². The lowest BCUT2D eigenvalue weighted by Crippen LogP contribution is -2.28. The number of nitrogens with one attached hydrogen (secondary N) is 3. The van der Waals surface area contributed by atoms with Crippen molar-refractivity contribution in [1.29, 1.82) is 0 Å². The Balaban J connectivity index is 1.56. The van der Waals surface area contributed by atoms with Gasteiger partial charge < -0.3 is 24.8 Å². The Hall–Kier alpha value is -4.97. The number of hydrogen-bond donors (Lipinski definition) is 3. The van der Waals surface area contributed by atoms with Crippen LogP contribution in [0.2, 0.25) is 0 Å². The first-order valence-corrected chi connectivity index (χ1v) is 14.8. The highest BCUT2D eigenvalue weighted by Crippen LogP contribution is 2.40. The molecule has 0 atom stereocenters. The van der Waals surface area contributed by atoms with E-state index in [2.05, 4.69) is 50.6 Å². The summed E-state index contributed by atoms with van der Waals surface area (Å²) < 4.78 is 5.67. The van der Waals surface area contributed by atoms with Gasteiger partial charge in [-0.15, -0.1) is 0 Å². The SMILES string of the molecule is CCCCCc1cccc2c(-c3nc(Nc4cc([N+](=O)[O-])c(N(C)CCN(C)C)cc4OC)ncc3-c3cn[nH]c3)c[nH]c12. The minimum Gasteiger partial charge on any atom is -0.494 e. The number of ether oxygens (including phenoxy) is 1. The number of hydrogen-bond acceptors (Lipinski definition) is 9. The molecule has 0 amide bonds. The van der Waals surface area contributed by atoms with Gasteiger partial charge in [0.15, 0.2) is 0 Å². The van der Waals surface area contributed by atoms with Gasteiger partial charge in [-0.05, 0) is 32.5 Å². The van der Waals surface area contributed by atoms with E-state index in [0.717, 1.165) is 47.0 Å². The van der Waals surface area contributed by atoms with Crippen molar-refractivity contribution in [3.63, 3.8) is 0 Å². The lowest BCUT2D eigenvalue weighted by molar-refractivity contribution is -0.384. The largest absolute Gasteiger partial charge is 0.494 e. The molecule has 230 valence electrons. The molecule has 0 saturated heterocycles. The van der Waals surface area contributed by atoms with Crippen molar-refractivity contribution in [3.05, 3.63) is 70.8 Å². The van der Waals surface area contributed by atoms with E-state index >= 15 is 0 Å². The number of anilines is 3. The van der Waals surface area contributed by atoms with Crippen LogP contribution in [-0.4, -0.2) is 76.3 Å². The molecule has 0 spiro atoms. The Labute approximate surface area is 256 Å². The smallest absolute Gasteiger partial charge is 0.294 e. The van der Waals surface area contributed by atoms with Gasteiger partial charge in [-0.25, -0.2) is 9.97 Å². The molecule has 0 aliphatic rings. The van der Waals surface area contributed by atoms with Crippen molar-refractivity contribution in [2.24, 2.45) is 0 Å². The van der Waals surface area contributed by atoms with E-state index in [9.17, 15) is 10.1 Å². The first kappa shape index (κ1) is 30.5. The van der Waals surface area contributed by atoms with Crippen molar-refractivity contribution in [2.75, 3.05) is 51.6 Å². The third kappa shape index (κ3) is 6.50. The van der Waals surface area contributed by atoms with Crippen LogP contribution < -0.4 is 15.0 Å². The summed E-state index contributed by atoms with van der Waals surface area (Å²) in [7, 11) is 7.29. The average Bonchev–Trinajstić information content (AvgIpc) is 3.71. The summed E-state index contributed by atoms with van der Waals surface area (Å²) >= 11 is 0. The maximum absolute atomic E-state index is 12.1. The molecule has 0 bridgehead atoms. The molecule has 0 saturated carbocycles. The molecule has 0 aliphatic heterocycles. The van der Waals surface area contributed by atoms with Gasteiger partial charge in [0.1, 0.15) is 11.4 Å². The summed E-state index contributed by atoms with van der Waals surface area (Å²) in [6.45, 7) is 3.55. The highest BCUT2D eigenvalue weighted by atomic mass is 16.6. The number of H-pyrrole nitrogens is 2. The van der Waals surface area contributed by atoms with Crippen LogP contribution in [-0.2, 0) is 6.42 Å². The maximum Gasteiger partial charge on any atom is 0.294 e. The fourth-order valence-electron chi connectivity index (χ4n) is 5.31. The lowest BCUT2D eigenvalue weighted by atomic mass is 9.99. The summed E-state index contributed by atoms with van der Waals surface area (Å²) in [5.41, 5.74) is 6.45. The quantitative estimate of drug-likeness (QED) is 0.0752. The van der Waals surface area contributed by atoms with E-state index < -0.39 is 0 Å². The second kappa shape index (κ2) is 13.6. The normalized spacial score (nSPS) is 11.3. The summed E-state index contributed by atoms with van der Waals surface area (Å²) in [6, 6.07) is 9.50. The van der Waals surface area contributed by atoms with Gasteiger partial charge in [-0.1, -0.05) is 38.0 Å². The second-order valence-electron chi connectivity index (χ2n) is 11.1. The molecule has 5 aromatic rings. The average molecular weight is 598 g/mol. The van der Waals surface area contributed by atoms with Crippen LogP contribution in [0.3, 0.4) is 0 Å². The van der Waals surface area contributed by atoms with Crippen molar-refractivity contribution >= 4 is 33.9 Å². The van der Waals surface area contributed by atoms with Crippen molar-refractivity contribution in [1.82, 2.24) is 30.0 Å². The van der Waals surface area contributed by atoms with Gasteiger partial charge in [0, 0.05) is 78.5 Å². The third-order valence-electron chi connectivity index (χ3n) is 7.74. The zero-order chi connectivity index (χ0) is 31.2. The highest BCUT2D eigenvalue weighted by Gasteiger charge is 2.23. The van der Waals surface area contributed by atoms with Crippen LogP contribution >= 0.6 is 0 Å². The highest BCUT2D eigenvalue weighted by molar-refractivity contribution is 5.99. The van der Waals surface area contributed by atoms with Crippen LogP contribution in [0.5, 0.6) is 5.75 Å². The minimum absolute atomic E-state index is 0.0444. The molecule has 0 aliphatic carbocycles. The van der Waals surface area contributed by atoms with Crippen LogP contribution in [0.15, 0.2) is 55.1 Å². The Morgan fingerprint density at radius 2 is 1.91 bits per heavy atom. The van der Waals surface area contributed by atoms with Gasteiger partial charge in [-0.3, -0.25) is 15.2 Å². The minimum atomic E-state index is -0.384. The van der Waals surface area contributed by atoms with E-state index in [1.165, 1.54) is 31.6 Å². The van der Waals surface area contributed by atoms with Crippen LogP contribution in [0.4, 0.5) is 23.0 Å². The Morgan fingerprint density at radius 1 is 1.07 bits per heavy atom. The topological polar surface area (TPSA) is 141 Å². The number of nitrogens with zero attached hydrogens (tertiary/aromatic N) is 6. The molecule has 5 rings (SSSR count). The lowest BCUT2D eigenvalue weighted by Gasteiger charge is -2.22. The fourth-order valence-corrected chi connectivity index (χ4v) is 5.31. The number of methoxy groups -OCH3 is 1. The third-order valence-corrected chi connectivity index (χ3v) is 7.74. The molecule has 3 heterocycles. The predicted octanol–water partition coefficient (Wildman–Crippen LogP) is 6.41. The van der Waals surface area contributed by atoms with Crippen molar-refractivity contribution in [3.8, 4) is 28.1 Å². The number of benzene rings is 2. The number of aryl methyl sites for hydroxylation is 1. The fraction of sp³-hybridized carbons (Fsp3) is 0.344. The molecule has 0 radical (unpaired) electrons. The van der Waals surface area contributed by atoms with E-state index in [1.807, 2.05) is 37.1 Å². The number of fused-ring (bicyclic) bond motifs is 1. The van der Waals surface area contributed by atoms with Crippen LogP contribution in [0.25, 0.3) is 33.3 Å². The molecule has 0 unspecified atom stereocenters. The maximum atomic E-state index is 12.1. The molecular weight excluding hydrogens is 558 g/mol. The van der Waals surface area contributed by atoms with Crippen molar-refractivity contribution < 1.29 is 9.66 Å². The van der Waals surface area contributed by atoms with E-state index in [0.29, 0.717) is 29.4 Å². The first-order valence-electron chi connectivity index (χ1n) is 14.8. The monoisotopic (exact) mass is 597 g/mol. The second-order valence-corrected chi connectivity index (χ2v) is 11.1. The van der Waals surface area contributed by atoms with Crippen LogP contribution in [0, 0.1) is 10.1 Å². The van der Waals surface area contributed by atoms with Gasteiger partial charge in [0.05, 0.1) is 29.6 Å². The van der Waals surface area contributed by atoms with E-state index in [1.54, 1.807) is 24.7 Å². The Morgan fingerprint density at radius 3 is 2.61 bits per heavy atom. The number of likely N-dealkylation sites (N-methyl/N-ethyl adjacent to an activating group) is 2. The molecule has 0 fully saturated rings. The summed E-state index contributed by atoms with van der Waals surface area (Å²) in [5, 5.41) is 23.4. The zero-order valence-corrected chi connectivity index (χ0v) is 25.8. The molecule has 2 aromatic carbocycles. The number of nitro groups is 1. The standard InChI is InChI=1S/C32H39N9O3/c1-6-7-8-10-21-11-9-12-23-25(20-33-30(21)23)31-24(22-17-35-36-18-22)19-34-32(38-31)37-26-15-28(41(42)43)27(16-29(26)44-5)40(4)14-13-39(2)3/h9,11-12,15-20,33H,6-8,10,13-14H2,1-5H3,(H,35,36)(H,34,37,38). The molecule has 44 heavy (non-hydrogen) atoms. The number of unbranched alkanes of at least 4 members (excludes halogenated alkanes) is 2. The van der Waals surface area contributed by atoms with Crippen molar-refractivity contribution in [2.45, 2.75) is 32.6 Å². The number of rotatable bonds is 14. The Kier molecular flexibility index (Phi) is 9.39. The molecular formula is C32H39N9O3. The summed E-state index contributed by atoms with van der Waals surface area (Å²) in [4.78, 5) is 28.7. The molecule has 12 nitrogen and oxygen atoms in total. The van der Waals surface area contributed by atoms with E-state index in [-0.39, 0.29) is 16.6 Å². The summed E-state index contributed by atoms with van der Waals surface area (Å²) in [6.07, 6.45) is 11.7. The molecule has 12 heteroatoms.